The molecule has 1 unspecified atom stereocenters. The molecule has 6 heteroatoms. The van der Waals surface area contributed by atoms with Gasteiger partial charge in [0, 0.05) is 16.0 Å². The van der Waals surface area contributed by atoms with Gasteiger partial charge in [-0.05, 0) is 48.1 Å². The smallest absolute Gasteiger partial charge is 0.303 e. The van der Waals surface area contributed by atoms with Crippen LogP contribution in [0, 0.1) is 9.39 Å². The highest BCUT2D eigenvalue weighted by atomic mass is 127. The summed E-state index contributed by atoms with van der Waals surface area (Å²) >= 11 is 1.89. The van der Waals surface area contributed by atoms with Gasteiger partial charge in [-0.1, -0.05) is 6.07 Å². The molecule has 18 heavy (non-hydrogen) atoms. The topological polar surface area (TPSA) is 66.4 Å². The second-order valence-corrected chi connectivity index (χ2v) is 5.07. The van der Waals surface area contributed by atoms with Crippen molar-refractivity contribution < 1.29 is 19.1 Å². The molecule has 2 N–H and O–H groups in total. The van der Waals surface area contributed by atoms with Crippen molar-refractivity contribution in [3.8, 4) is 0 Å². The highest BCUT2D eigenvalue weighted by molar-refractivity contribution is 14.1. The predicted octanol–water partition coefficient (Wildman–Crippen LogP) is 2.41. The number of rotatable bonds is 5. The molecule has 0 spiro atoms. The van der Waals surface area contributed by atoms with E-state index in [-0.39, 0.29) is 18.0 Å². The Morgan fingerprint density at radius 3 is 2.72 bits per heavy atom. The van der Waals surface area contributed by atoms with E-state index in [0.29, 0.717) is 9.99 Å². The van der Waals surface area contributed by atoms with E-state index in [0.717, 1.165) is 0 Å². The Kier molecular flexibility index (Phi) is 5.52. The number of halogens is 2. The summed E-state index contributed by atoms with van der Waals surface area (Å²) in [5.74, 6) is -2.02. The number of carbonyl (C=O) groups excluding carboxylic acids is 1. The minimum absolute atomic E-state index is 0.000255. The Labute approximate surface area is 118 Å². The molecular formula is C12H13FINO3. The van der Waals surface area contributed by atoms with Gasteiger partial charge in [0.1, 0.15) is 5.82 Å². The third-order valence-electron chi connectivity index (χ3n) is 2.36. The standard InChI is InChI=1S/C12H13FINO3/c1-7(5-6-10(16)17)15-12(18)11-8(13)3-2-4-9(11)14/h2-4,7H,5-6H2,1H3,(H,15,18)(H,16,17). The molecule has 0 heterocycles. The summed E-state index contributed by atoms with van der Waals surface area (Å²) in [6.45, 7) is 1.69. The van der Waals surface area contributed by atoms with Gasteiger partial charge in [-0.25, -0.2) is 4.39 Å². The van der Waals surface area contributed by atoms with Crippen LogP contribution < -0.4 is 5.32 Å². The number of carboxylic acids is 1. The zero-order chi connectivity index (χ0) is 13.7. The average molecular weight is 365 g/mol. The summed E-state index contributed by atoms with van der Waals surface area (Å²) < 4.78 is 14.0. The summed E-state index contributed by atoms with van der Waals surface area (Å²) in [4.78, 5) is 22.2. The van der Waals surface area contributed by atoms with Crippen molar-refractivity contribution in [1.29, 1.82) is 0 Å². The van der Waals surface area contributed by atoms with Crippen molar-refractivity contribution in [2.45, 2.75) is 25.8 Å². The zero-order valence-corrected chi connectivity index (χ0v) is 11.9. The molecule has 0 aliphatic carbocycles. The Morgan fingerprint density at radius 1 is 1.50 bits per heavy atom. The fraction of sp³-hybridized carbons (Fsp3) is 0.333. The van der Waals surface area contributed by atoms with Crippen molar-refractivity contribution >= 4 is 34.5 Å². The van der Waals surface area contributed by atoms with Gasteiger partial charge >= 0.3 is 5.97 Å². The number of aliphatic carboxylic acids is 1. The molecule has 4 nitrogen and oxygen atoms in total. The van der Waals surface area contributed by atoms with E-state index in [4.69, 9.17) is 5.11 Å². The Hall–Kier alpha value is -1.18. The largest absolute Gasteiger partial charge is 0.481 e. The molecule has 0 aromatic heterocycles. The molecule has 1 atom stereocenters. The molecule has 0 fully saturated rings. The van der Waals surface area contributed by atoms with Crippen molar-refractivity contribution in [3.63, 3.8) is 0 Å². The molecule has 1 aromatic carbocycles. The molecule has 98 valence electrons. The Morgan fingerprint density at radius 2 is 2.17 bits per heavy atom. The molecule has 0 aliphatic heterocycles. The summed E-state index contributed by atoms with van der Waals surface area (Å²) in [6.07, 6.45) is 0.280. The van der Waals surface area contributed by atoms with Gasteiger partial charge in [-0.3, -0.25) is 9.59 Å². The molecule has 1 aromatic rings. The fourth-order valence-electron chi connectivity index (χ4n) is 1.42. The van der Waals surface area contributed by atoms with E-state index < -0.39 is 17.7 Å². The fourth-order valence-corrected chi connectivity index (χ4v) is 2.13. The van der Waals surface area contributed by atoms with Gasteiger partial charge in [-0.15, -0.1) is 0 Å². The number of carbonyl (C=O) groups is 2. The lowest BCUT2D eigenvalue weighted by Crippen LogP contribution is -2.34. The summed E-state index contributed by atoms with van der Waals surface area (Å²) in [6, 6.07) is 4.07. The van der Waals surface area contributed by atoms with Crippen molar-refractivity contribution in [3.05, 3.63) is 33.1 Å². The lowest BCUT2D eigenvalue weighted by molar-refractivity contribution is -0.137. The predicted molar refractivity (Wildman–Crippen MR) is 72.9 cm³/mol. The van der Waals surface area contributed by atoms with Crippen molar-refractivity contribution in [2.24, 2.45) is 0 Å². The van der Waals surface area contributed by atoms with Crippen LogP contribution in [0.15, 0.2) is 18.2 Å². The van der Waals surface area contributed by atoms with E-state index in [9.17, 15) is 14.0 Å². The summed E-state index contributed by atoms with van der Waals surface area (Å²) in [5.41, 5.74) is 0.000255. The van der Waals surface area contributed by atoms with Crippen LogP contribution >= 0.6 is 22.6 Å². The normalized spacial score (nSPS) is 11.9. The highest BCUT2D eigenvalue weighted by Crippen LogP contribution is 2.16. The average Bonchev–Trinajstić information content (AvgIpc) is 2.26. The van der Waals surface area contributed by atoms with E-state index >= 15 is 0 Å². The quantitative estimate of drug-likeness (QED) is 0.788. The Balaban J connectivity index is 2.68. The highest BCUT2D eigenvalue weighted by Gasteiger charge is 2.17. The number of benzene rings is 1. The van der Waals surface area contributed by atoms with Crippen LogP contribution in [0.1, 0.15) is 30.1 Å². The van der Waals surface area contributed by atoms with Gasteiger partial charge in [0.15, 0.2) is 0 Å². The van der Waals surface area contributed by atoms with Crippen molar-refractivity contribution in [1.82, 2.24) is 5.32 Å². The molecule has 0 aliphatic rings. The van der Waals surface area contributed by atoms with Gasteiger partial charge in [0.05, 0.1) is 5.56 Å². The number of carboxylic acid groups (broad SMARTS) is 1. The zero-order valence-electron chi connectivity index (χ0n) is 9.74. The van der Waals surface area contributed by atoms with Crippen LogP contribution in [0.4, 0.5) is 4.39 Å². The summed E-state index contributed by atoms with van der Waals surface area (Å²) in [7, 11) is 0. The van der Waals surface area contributed by atoms with Crippen LogP contribution in [0.2, 0.25) is 0 Å². The van der Waals surface area contributed by atoms with Gasteiger partial charge in [-0.2, -0.15) is 0 Å². The van der Waals surface area contributed by atoms with Crippen LogP contribution in [-0.4, -0.2) is 23.0 Å². The first-order valence-electron chi connectivity index (χ1n) is 5.38. The lowest BCUT2D eigenvalue weighted by Gasteiger charge is -2.13. The minimum Gasteiger partial charge on any atom is -0.481 e. The van der Waals surface area contributed by atoms with E-state index in [1.807, 2.05) is 22.6 Å². The molecule has 1 rings (SSSR count). The number of nitrogens with one attached hydrogen (secondary N) is 1. The minimum atomic E-state index is -0.920. The first-order chi connectivity index (χ1) is 8.41. The second-order valence-electron chi connectivity index (χ2n) is 3.90. The molecule has 0 radical (unpaired) electrons. The van der Waals surface area contributed by atoms with Gasteiger partial charge in [0.2, 0.25) is 0 Å². The SMILES string of the molecule is CC(CCC(=O)O)NC(=O)c1c(F)cccc1I. The number of hydrogen-bond acceptors (Lipinski definition) is 2. The van der Waals surface area contributed by atoms with Gasteiger partial charge < -0.3 is 10.4 Å². The van der Waals surface area contributed by atoms with Crippen LogP contribution in [0.3, 0.4) is 0 Å². The molecule has 1 amide bonds. The molecule has 0 saturated carbocycles. The maximum Gasteiger partial charge on any atom is 0.303 e. The second kappa shape index (κ2) is 6.67. The van der Waals surface area contributed by atoms with E-state index in [1.165, 1.54) is 12.1 Å². The third kappa shape index (κ3) is 4.25. The first kappa shape index (κ1) is 14.9. The van der Waals surface area contributed by atoms with Gasteiger partial charge in [0.25, 0.3) is 5.91 Å². The first-order valence-corrected chi connectivity index (χ1v) is 6.46. The van der Waals surface area contributed by atoms with E-state index in [1.54, 1.807) is 13.0 Å². The maximum absolute atomic E-state index is 13.5. The maximum atomic E-state index is 13.5. The molecule has 0 saturated heterocycles. The monoisotopic (exact) mass is 365 g/mol. The van der Waals surface area contributed by atoms with E-state index in [2.05, 4.69) is 5.32 Å². The van der Waals surface area contributed by atoms with Crippen LogP contribution in [0.5, 0.6) is 0 Å². The molecule has 0 bridgehead atoms. The number of hydrogen-bond donors (Lipinski definition) is 2. The third-order valence-corrected chi connectivity index (χ3v) is 3.26. The van der Waals surface area contributed by atoms with Crippen LogP contribution in [0.25, 0.3) is 0 Å². The van der Waals surface area contributed by atoms with Crippen molar-refractivity contribution in [2.75, 3.05) is 0 Å². The van der Waals surface area contributed by atoms with Crippen LogP contribution in [-0.2, 0) is 4.79 Å². The molecular weight excluding hydrogens is 352 g/mol. The number of amides is 1. The summed E-state index contributed by atoms with van der Waals surface area (Å²) in [5, 5.41) is 11.1. The lowest BCUT2D eigenvalue weighted by atomic mass is 10.1. The Bertz CT molecular complexity index is 444.